The van der Waals surface area contributed by atoms with Crippen molar-refractivity contribution in [3.8, 4) is 22.5 Å². The molecule has 378 valence electrons. The minimum Gasteiger partial charge on any atom is -0.453 e. The highest BCUT2D eigenvalue weighted by atomic mass is 16.5. The maximum Gasteiger partial charge on any atom is 0.409 e. The van der Waals surface area contributed by atoms with Gasteiger partial charge in [0.15, 0.2) is 0 Å². The predicted octanol–water partition coefficient (Wildman–Crippen LogP) is 10.6. The van der Waals surface area contributed by atoms with E-state index in [4.69, 9.17) is 19.4 Å². The summed E-state index contributed by atoms with van der Waals surface area (Å²) in [5.41, 5.74) is 8.76. The quantitative estimate of drug-likeness (QED) is 0.117. The number of carbonyl (C=O) groups excluding carboxylic acids is 4. The second kappa shape index (κ2) is 21.0. The van der Waals surface area contributed by atoms with E-state index in [-0.39, 0.29) is 53.2 Å². The average molecular weight is 968 g/mol. The first kappa shape index (κ1) is 50.7. The summed E-state index contributed by atoms with van der Waals surface area (Å²) in [5.74, 6) is 1.10. The molecule has 2 N–H and O–H groups in total. The van der Waals surface area contributed by atoms with E-state index in [1.165, 1.54) is 46.4 Å². The third kappa shape index (κ3) is 10.3. The van der Waals surface area contributed by atoms with Gasteiger partial charge in [-0.3, -0.25) is 19.4 Å². The van der Waals surface area contributed by atoms with Crippen LogP contribution in [0.4, 0.5) is 15.3 Å². The number of amides is 4. The van der Waals surface area contributed by atoms with Gasteiger partial charge in [0.2, 0.25) is 11.8 Å². The summed E-state index contributed by atoms with van der Waals surface area (Å²) < 4.78 is 9.92. The van der Waals surface area contributed by atoms with Gasteiger partial charge < -0.3 is 34.1 Å². The number of likely N-dealkylation sites (tertiary alicyclic amines) is 2. The molecule has 0 bridgehead atoms. The molecule has 4 amide bonds. The second-order valence-corrected chi connectivity index (χ2v) is 21.3. The van der Waals surface area contributed by atoms with Gasteiger partial charge >= 0.3 is 12.2 Å². The fourth-order valence-electron chi connectivity index (χ4n) is 11.3. The number of nitrogens with zero attached hydrogens (tertiary/aromatic N) is 7. The molecule has 71 heavy (non-hydrogen) atoms. The van der Waals surface area contributed by atoms with E-state index in [1.807, 2.05) is 49.9 Å². The van der Waals surface area contributed by atoms with Crippen molar-refractivity contribution in [2.75, 3.05) is 46.3 Å². The minimum absolute atomic E-state index is 0.0275. The number of benzene rings is 3. The maximum absolute atomic E-state index is 14.0. The molecule has 3 aliphatic heterocycles. The van der Waals surface area contributed by atoms with Gasteiger partial charge in [-0.1, -0.05) is 109 Å². The Morgan fingerprint density at radius 3 is 1.34 bits per heavy atom. The molecule has 3 aromatic carbocycles. The summed E-state index contributed by atoms with van der Waals surface area (Å²) in [4.78, 5) is 78.8. The van der Waals surface area contributed by atoms with Gasteiger partial charge in [0.25, 0.3) is 0 Å². The molecule has 0 saturated carbocycles. The van der Waals surface area contributed by atoms with Crippen molar-refractivity contribution < 1.29 is 28.7 Å². The van der Waals surface area contributed by atoms with Gasteiger partial charge in [-0.25, -0.2) is 19.6 Å². The lowest BCUT2D eigenvalue weighted by Gasteiger charge is -2.34. The standard InChI is InChI=1S/C56H73N9O6/c1-34(2)48(61(8)54(68)70-10)52(66)63-30-12-14-46(63)50-57-32-42(59-50)36-16-20-38(21-17-36)44-28-29-45(65(44)41-26-24-40(25-27-41)56(5,6)7)39-22-18-37(19-23-39)43-33-58-51(60-43)47-15-13-31-64(47)53(67)49(35(3)4)62(9)55(69)71-11/h16-27,32-35,44-49H,12-15,28-31H2,1-11H3,(H,57,59)(H,58,60)/t44-,45-,46+,47+,48+,49+/m1/s1. The van der Waals surface area contributed by atoms with Crippen molar-refractivity contribution in [1.29, 1.82) is 0 Å². The van der Waals surface area contributed by atoms with Crippen LogP contribution in [0, 0.1) is 11.8 Å². The molecule has 6 atom stereocenters. The summed E-state index contributed by atoms with van der Waals surface area (Å²) in [5, 5.41) is 0. The van der Waals surface area contributed by atoms with E-state index in [0.29, 0.717) is 13.1 Å². The summed E-state index contributed by atoms with van der Waals surface area (Å²) in [7, 11) is 5.90. The van der Waals surface area contributed by atoms with Gasteiger partial charge in [0.1, 0.15) is 23.7 Å². The molecule has 8 rings (SSSR count). The Bertz CT molecular complexity index is 2500. The van der Waals surface area contributed by atoms with Crippen molar-refractivity contribution >= 4 is 29.7 Å². The molecule has 15 heteroatoms. The number of hydrogen-bond acceptors (Lipinski definition) is 9. The number of ether oxygens (including phenoxy) is 2. The Morgan fingerprint density at radius 2 is 0.986 bits per heavy atom. The fourth-order valence-corrected chi connectivity index (χ4v) is 11.3. The molecule has 0 aliphatic carbocycles. The van der Waals surface area contributed by atoms with Gasteiger partial charge in [-0.15, -0.1) is 0 Å². The number of nitrogens with one attached hydrogen (secondary N) is 2. The van der Waals surface area contributed by atoms with E-state index in [2.05, 4.69) is 108 Å². The molecule has 5 heterocycles. The molecular weight excluding hydrogens is 895 g/mol. The molecule has 5 aromatic rings. The smallest absolute Gasteiger partial charge is 0.409 e. The van der Waals surface area contributed by atoms with Crippen LogP contribution in [-0.4, -0.2) is 117 Å². The molecule has 0 radical (unpaired) electrons. The largest absolute Gasteiger partial charge is 0.453 e. The maximum atomic E-state index is 14.0. The van der Waals surface area contributed by atoms with E-state index in [9.17, 15) is 19.2 Å². The second-order valence-electron chi connectivity index (χ2n) is 21.3. The molecule has 2 aromatic heterocycles. The number of hydrogen-bond donors (Lipinski definition) is 2. The number of H-pyrrole nitrogens is 2. The number of rotatable bonds is 13. The number of imidazole rings is 2. The minimum atomic E-state index is -0.644. The third-order valence-electron chi connectivity index (χ3n) is 15.1. The lowest BCUT2D eigenvalue weighted by molar-refractivity contribution is -0.139. The van der Waals surface area contributed by atoms with Crippen LogP contribution in [0.2, 0.25) is 0 Å². The number of aromatic amines is 2. The average Bonchev–Trinajstić information content (AvgIpc) is 4.22. The molecule has 3 aliphatic rings. The van der Waals surface area contributed by atoms with Gasteiger partial charge in [-0.2, -0.15) is 0 Å². The van der Waals surface area contributed by atoms with Crippen molar-refractivity contribution in [3.05, 3.63) is 114 Å². The summed E-state index contributed by atoms with van der Waals surface area (Å²) in [6.07, 6.45) is 7.87. The van der Waals surface area contributed by atoms with Crippen LogP contribution in [-0.2, 0) is 24.5 Å². The lowest BCUT2D eigenvalue weighted by atomic mass is 9.87. The Morgan fingerprint density at radius 1 is 0.592 bits per heavy atom. The predicted molar refractivity (Wildman–Crippen MR) is 275 cm³/mol. The fraction of sp³-hybridized carbons (Fsp3) is 0.500. The van der Waals surface area contributed by atoms with E-state index in [0.717, 1.165) is 72.7 Å². The van der Waals surface area contributed by atoms with E-state index in [1.54, 1.807) is 14.1 Å². The van der Waals surface area contributed by atoms with Crippen LogP contribution in [0.25, 0.3) is 22.5 Å². The summed E-state index contributed by atoms with van der Waals surface area (Å²) in [6, 6.07) is 25.2. The zero-order chi connectivity index (χ0) is 50.9. The zero-order valence-electron chi connectivity index (χ0n) is 43.4. The highest BCUT2D eigenvalue weighted by Crippen LogP contribution is 2.48. The van der Waals surface area contributed by atoms with Crippen LogP contribution < -0.4 is 4.90 Å². The van der Waals surface area contributed by atoms with Crippen LogP contribution in [0.15, 0.2) is 85.2 Å². The highest BCUT2D eigenvalue weighted by Gasteiger charge is 2.42. The Labute approximate surface area is 419 Å². The first-order valence-electron chi connectivity index (χ1n) is 25.3. The first-order chi connectivity index (χ1) is 33.9. The van der Waals surface area contributed by atoms with Crippen molar-refractivity contribution in [2.24, 2.45) is 11.8 Å². The number of methoxy groups -OCH3 is 2. The Hall–Kier alpha value is -6.64. The van der Waals surface area contributed by atoms with Crippen LogP contribution in [0.5, 0.6) is 0 Å². The number of aromatic nitrogens is 4. The van der Waals surface area contributed by atoms with Crippen molar-refractivity contribution in [3.63, 3.8) is 0 Å². The van der Waals surface area contributed by atoms with E-state index >= 15 is 0 Å². The third-order valence-corrected chi connectivity index (χ3v) is 15.1. The summed E-state index contributed by atoms with van der Waals surface area (Å²) in [6.45, 7) is 15.7. The topological polar surface area (TPSA) is 160 Å². The number of anilines is 1. The summed E-state index contributed by atoms with van der Waals surface area (Å²) >= 11 is 0. The first-order valence-corrected chi connectivity index (χ1v) is 25.3. The zero-order valence-corrected chi connectivity index (χ0v) is 43.4. The highest BCUT2D eigenvalue weighted by molar-refractivity contribution is 5.87. The monoisotopic (exact) mass is 968 g/mol. The molecule has 0 spiro atoms. The normalized spacial score (nSPS) is 20.2. The van der Waals surface area contributed by atoms with Gasteiger partial charge in [-0.05, 0) is 95.7 Å². The Kier molecular flexibility index (Phi) is 15.0. The van der Waals surface area contributed by atoms with Gasteiger partial charge in [0.05, 0.1) is 62.2 Å². The SMILES string of the molecule is COC(=O)N(C)[C@H](C(=O)N1CCC[C@H]1c1ncc(-c2ccc([C@H]3CC[C@H](c4ccc(-c5cnc([C@@H]6CCCN6C(=O)[C@H](C(C)C)N(C)C(=O)OC)[nH]5)cc4)N3c3ccc(C(C)(C)C)cc3)cc2)[nH]1)C(C)C. The van der Waals surface area contributed by atoms with Crippen LogP contribution in [0.1, 0.15) is 139 Å². The van der Waals surface area contributed by atoms with Crippen molar-refractivity contribution in [1.82, 2.24) is 39.5 Å². The lowest BCUT2D eigenvalue weighted by Crippen LogP contribution is -2.51. The Balaban J connectivity index is 1.01. The molecule has 3 saturated heterocycles. The van der Waals surface area contributed by atoms with Crippen LogP contribution >= 0.6 is 0 Å². The molecule has 3 fully saturated rings. The number of carbonyl (C=O) groups is 4. The molecular formula is C56H73N9O6. The number of likely N-dealkylation sites (N-methyl/N-ethyl adjacent to an activating group) is 2. The molecule has 15 nitrogen and oxygen atoms in total. The molecule has 0 unspecified atom stereocenters. The van der Waals surface area contributed by atoms with Gasteiger partial charge in [0, 0.05) is 32.9 Å². The van der Waals surface area contributed by atoms with E-state index < -0.39 is 24.3 Å². The van der Waals surface area contributed by atoms with Crippen LogP contribution in [0.3, 0.4) is 0 Å². The van der Waals surface area contributed by atoms with Crippen molar-refractivity contribution in [2.45, 2.75) is 129 Å².